The van der Waals surface area contributed by atoms with Crippen molar-refractivity contribution in [2.75, 3.05) is 5.32 Å². The van der Waals surface area contributed by atoms with Gasteiger partial charge in [-0.1, -0.05) is 12.1 Å². The van der Waals surface area contributed by atoms with E-state index in [9.17, 15) is 9.59 Å². The number of Topliss-reactive ketones (excluding diaryl/α,β-unsaturated/α-hetero) is 1. The number of anilines is 1. The first kappa shape index (κ1) is 13.2. The standard InChI is InChI=1S/C12H16N2O3/c1-7(13)11(15)9-5-3-4-6-10(9)14-8(2)12(16)17/h3-8,14H,13H2,1-2H3,(H,16,17). The maximum atomic E-state index is 11.8. The fourth-order valence-electron chi connectivity index (χ4n) is 1.36. The first-order valence-electron chi connectivity index (χ1n) is 5.31. The highest BCUT2D eigenvalue weighted by Gasteiger charge is 2.17. The molecule has 4 N–H and O–H groups in total. The highest BCUT2D eigenvalue weighted by Crippen LogP contribution is 2.17. The number of benzene rings is 1. The van der Waals surface area contributed by atoms with Crippen molar-refractivity contribution in [3.05, 3.63) is 29.8 Å². The Labute approximate surface area is 99.6 Å². The molecule has 0 radical (unpaired) electrons. The van der Waals surface area contributed by atoms with Gasteiger partial charge in [-0.3, -0.25) is 9.59 Å². The molecule has 0 aliphatic heterocycles. The molecule has 0 bridgehead atoms. The average Bonchev–Trinajstić information content (AvgIpc) is 2.28. The Kier molecular flexibility index (Phi) is 4.23. The number of carbonyl (C=O) groups excluding carboxylic acids is 1. The number of nitrogens with two attached hydrogens (primary N) is 1. The van der Waals surface area contributed by atoms with E-state index >= 15 is 0 Å². The molecule has 0 saturated heterocycles. The first-order chi connectivity index (χ1) is 7.93. The second-order valence-electron chi connectivity index (χ2n) is 3.90. The van der Waals surface area contributed by atoms with Crippen molar-refractivity contribution in [3.8, 4) is 0 Å². The molecule has 5 nitrogen and oxygen atoms in total. The molecule has 1 aromatic carbocycles. The zero-order valence-electron chi connectivity index (χ0n) is 9.81. The molecule has 0 amide bonds. The fourth-order valence-corrected chi connectivity index (χ4v) is 1.36. The van der Waals surface area contributed by atoms with Crippen LogP contribution in [0.5, 0.6) is 0 Å². The van der Waals surface area contributed by atoms with Gasteiger partial charge >= 0.3 is 5.97 Å². The Hall–Kier alpha value is -1.88. The Balaban J connectivity index is 3.00. The van der Waals surface area contributed by atoms with E-state index in [-0.39, 0.29) is 5.78 Å². The maximum Gasteiger partial charge on any atom is 0.325 e. The molecule has 92 valence electrons. The molecular formula is C12H16N2O3. The third-order valence-electron chi connectivity index (χ3n) is 2.35. The van der Waals surface area contributed by atoms with Gasteiger partial charge in [0.1, 0.15) is 6.04 Å². The summed E-state index contributed by atoms with van der Waals surface area (Å²) in [7, 11) is 0. The van der Waals surface area contributed by atoms with Crippen LogP contribution in [-0.2, 0) is 4.79 Å². The van der Waals surface area contributed by atoms with Crippen LogP contribution >= 0.6 is 0 Å². The zero-order chi connectivity index (χ0) is 13.0. The largest absolute Gasteiger partial charge is 0.480 e. The van der Waals surface area contributed by atoms with Gasteiger partial charge in [0.25, 0.3) is 0 Å². The number of para-hydroxylation sites is 1. The minimum absolute atomic E-state index is 0.217. The normalized spacial score (nSPS) is 13.8. The summed E-state index contributed by atoms with van der Waals surface area (Å²) in [6.07, 6.45) is 0. The summed E-state index contributed by atoms with van der Waals surface area (Å²) in [4.78, 5) is 22.6. The van der Waals surface area contributed by atoms with E-state index in [1.165, 1.54) is 6.92 Å². The summed E-state index contributed by atoms with van der Waals surface area (Å²) in [5, 5.41) is 11.6. The summed E-state index contributed by atoms with van der Waals surface area (Å²) < 4.78 is 0. The van der Waals surface area contributed by atoms with Crippen molar-refractivity contribution < 1.29 is 14.7 Å². The highest BCUT2D eigenvalue weighted by molar-refractivity contribution is 6.04. The number of rotatable bonds is 5. The number of carboxylic acids is 1. The van der Waals surface area contributed by atoms with Gasteiger partial charge in [0.05, 0.1) is 6.04 Å². The van der Waals surface area contributed by atoms with E-state index in [4.69, 9.17) is 10.8 Å². The SMILES string of the molecule is CC(N)C(=O)c1ccccc1NC(C)C(=O)O. The van der Waals surface area contributed by atoms with Crippen molar-refractivity contribution >= 4 is 17.4 Å². The van der Waals surface area contributed by atoms with Gasteiger partial charge in [-0.2, -0.15) is 0 Å². The van der Waals surface area contributed by atoms with Crippen molar-refractivity contribution in [2.24, 2.45) is 5.73 Å². The summed E-state index contributed by atoms with van der Waals surface area (Å²) in [6, 6.07) is 5.36. The molecule has 0 fully saturated rings. The van der Waals surface area contributed by atoms with Crippen LogP contribution in [-0.4, -0.2) is 28.9 Å². The molecule has 0 aliphatic rings. The van der Waals surface area contributed by atoms with Crippen LogP contribution in [0.3, 0.4) is 0 Å². The molecular weight excluding hydrogens is 220 g/mol. The van der Waals surface area contributed by atoms with Gasteiger partial charge in [0.15, 0.2) is 5.78 Å². The Morgan fingerprint density at radius 3 is 2.41 bits per heavy atom. The number of hydrogen-bond donors (Lipinski definition) is 3. The summed E-state index contributed by atoms with van der Waals surface area (Å²) in [5.74, 6) is -1.20. The highest BCUT2D eigenvalue weighted by atomic mass is 16.4. The second kappa shape index (κ2) is 5.45. The molecule has 5 heteroatoms. The van der Waals surface area contributed by atoms with Gasteiger partial charge in [-0.15, -0.1) is 0 Å². The second-order valence-corrected chi connectivity index (χ2v) is 3.90. The van der Waals surface area contributed by atoms with Gasteiger partial charge in [-0.05, 0) is 26.0 Å². The quantitative estimate of drug-likeness (QED) is 0.666. The third kappa shape index (κ3) is 3.29. The van der Waals surface area contributed by atoms with Crippen molar-refractivity contribution in [2.45, 2.75) is 25.9 Å². The molecule has 0 heterocycles. The lowest BCUT2D eigenvalue weighted by Crippen LogP contribution is -2.30. The number of nitrogens with one attached hydrogen (secondary N) is 1. The molecule has 2 atom stereocenters. The summed E-state index contributed by atoms with van der Waals surface area (Å²) in [5.41, 5.74) is 6.44. The molecule has 1 rings (SSSR count). The first-order valence-corrected chi connectivity index (χ1v) is 5.31. The van der Waals surface area contributed by atoms with Crippen LogP contribution in [0.1, 0.15) is 24.2 Å². The van der Waals surface area contributed by atoms with Gasteiger partial charge in [0, 0.05) is 11.3 Å². The van der Waals surface area contributed by atoms with Crippen LogP contribution in [0.2, 0.25) is 0 Å². The zero-order valence-corrected chi connectivity index (χ0v) is 9.81. The molecule has 0 spiro atoms. The number of ketones is 1. The lowest BCUT2D eigenvalue weighted by molar-refractivity contribution is -0.137. The minimum atomic E-state index is -0.979. The molecule has 0 aliphatic carbocycles. The minimum Gasteiger partial charge on any atom is -0.480 e. The van der Waals surface area contributed by atoms with E-state index < -0.39 is 18.1 Å². The van der Waals surface area contributed by atoms with Crippen LogP contribution in [0.15, 0.2) is 24.3 Å². The summed E-state index contributed by atoms with van der Waals surface area (Å²) >= 11 is 0. The fraction of sp³-hybridized carbons (Fsp3) is 0.333. The lowest BCUT2D eigenvalue weighted by atomic mass is 10.0. The van der Waals surface area contributed by atoms with E-state index in [2.05, 4.69) is 5.32 Å². The lowest BCUT2D eigenvalue weighted by Gasteiger charge is -2.15. The predicted molar refractivity (Wildman–Crippen MR) is 65.1 cm³/mol. The molecule has 0 saturated carbocycles. The number of carboxylic acid groups (broad SMARTS) is 1. The van der Waals surface area contributed by atoms with Crippen molar-refractivity contribution in [1.82, 2.24) is 0 Å². The topological polar surface area (TPSA) is 92.4 Å². The average molecular weight is 236 g/mol. The molecule has 17 heavy (non-hydrogen) atoms. The van der Waals surface area contributed by atoms with E-state index in [0.29, 0.717) is 11.3 Å². The Bertz CT molecular complexity index is 430. The number of hydrogen-bond acceptors (Lipinski definition) is 4. The maximum absolute atomic E-state index is 11.8. The number of carbonyl (C=O) groups is 2. The van der Waals surface area contributed by atoms with E-state index in [0.717, 1.165) is 0 Å². The number of aliphatic carboxylic acids is 1. The van der Waals surface area contributed by atoms with Crippen LogP contribution in [0.25, 0.3) is 0 Å². The third-order valence-corrected chi connectivity index (χ3v) is 2.35. The van der Waals surface area contributed by atoms with Gasteiger partial charge in [0.2, 0.25) is 0 Å². The predicted octanol–water partition coefficient (Wildman–Crippen LogP) is 1.10. The molecule has 2 unspecified atom stereocenters. The molecule has 1 aromatic rings. The van der Waals surface area contributed by atoms with E-state index in [1.807, 2.05) is 0 Å². The van der Waals surface area contributed by atoms with Crippen molar-refractivity contribution in [3.63, 3.8) is 0 Å². The van der Waals surface area contributed by atoms with Crippen LogP contribution in [0.4, 0.5) is 5.69 Å². The monoisotopic (exact) mass is 236 g/mol. The smallest absolute Gasteiger partial charge is 0.325 e. The van der Waals surface area contributed by atoms with Gasteiger partial charge in [-0.25, -0.2) is 0 Å². The Morgan fingerprint density at radius 1 is 1.29 bits per heavy atom. The van der Waals surface area contributed by atoms with Crippen LogP contribution in [0, 0.1) is 0 Å². The van der Waals surface area contributed by atoms with Gasteiger partial charge < -0.3 is 16.2 Å². The summed E-state index contributed by atoms with van der Waals surface area (Å²) in [6.45, 7) is 3.11. The Morgan fingerprint density at radius 2 is 1.88 bits per heavy atom. The van der Waals surface area contributed by atoms with Crippen molar-refractivity contribution in [1.29, 1.82) is 0 Å². The van der Waals surface area contributed by atoms with Crippen LogP contribution < -0.4 is 11.1 Å². The van der Waals surface area contributed by atoms with E-state index in [1.54, 1.807) is 31.2 Å². The molecule has 0 aromatic heterocycles.